The number of rotatable bonds is 6. The predicted octanol–water partition coefficient (Wildman–Crippen LogP) is 0.442. The van der Waals surface area contributed by atoms with Crippen molar-refractivity contribution in [3.05, 3.63) is 17.5 Å². The summed E-state index contributed by atoms with van der Waals surface area (Å²) in [6.07, 6.45) is 1.66. The molecule has 0 amide bonds. The second-order valence-corrected chi connectivity index (χ2v) is 5.09. The maximum absolute atomic E-state index is 12.0. The van der Waals surface area contributed by atoms with E-state index in [2.05, 4.69) is 10.00 Å². The molecule has 1 saturated heterocycles. The Morgan fingerprint density at radius 1 is 1.33 bits per heavy atom. The normalized spacial score (nSPS) is 22.7. The van der Waals surface area contributed by atoms with Gasteiger partial charge in [-0.15, -0.1) is 0 Å². The topological polar surface area (TPSA) is 65.8 Å². The summed E-state index contributed by atoms with van der Waals surface area (Å²) >= 11 is 0. The van der Waals surface area contributed by atoms with Crippen molar-refractivity contribution >= 4 is 5.97 Å². The highest BCUT2D eigenvalue weighted by Crippen LogP contribution is 2.20. The maximum Gasteiger partial charge on any atom is 0.341 e. The lowest BCUT2D eigenvalue weighted by Crippen LogP contribution is -2.27. The third-order valence-corrected chi connectivity index (χ3v) is 3.83. The van der Waals surface area contributed by atoms with Gasteiger partial charge in [0.15, 0.2) is 0 Å². The number of aryl methyl sites for hydroxylation is 1. The lowest BCUT2D eigenvalue weighted by molar-refractivity contribution is -0.00461. The van der Waals surface area contributed by atoms with Crippen LogP contribution in [-0.4, -0.2) is 66.8 Å². The molecule has 1 aromatic heterocycles. The van der Waals surface area contributed by atoms with Crippen LogP contribution in [-0.2, 0) is 27.8 Å². The molecule has 0 saturated carbocycles. The van der Waals surface area contributed by atoms with Gasteiger partial charge in [-0.1, -0.05) is 0 Å². The van der Waals surface area contributed by atoms with Crippen molar-refractivity contribution in [1.82, 2.24) is 14.7 Å². The molecular weight excluding hydrogens is 274 g/mol. The van der Waals surface area contributed by atoms with E-state index in [1.54, 1.807) is 32.0 Å². The van der Waals surface area contributed by atoms with Gasteiger partial charge in [0.2, 0.25) is 0 Å². The van der Waals surface area contributed by atoms with E-state index in [0.717, 1.165) is 18.8 Å². The van der Waals surface area contributed by atoms with Gasteiger partial charge in [0, 0.05) is 40.9 Å². The summed E-state index contributed by atoms with van der Waals surface area (Å²) < 4.78 is 17.6. The first-order chi connectivity index (χ1) is 10.1. The minimum atomic E-state index is -0.327. The third kappa shape index (κ3) is 3.42. The van der Waals surface area contributed by atoms with Crippen molar-refractivity contribution in [2.75, 3.05) is 33.9 Å². The Kier molecular flexibility index (Phi) is 5.33. The first-order valence-electron chi connectivity index (χ1n) is 7.06. The van der Waals surface area contributed by atoms with E-state index in [1.807, 2.05) is 7.05 Å². The summed E-state index contributed by atoms with van der Waals surface area (Å²) in [7, 11) is 5.21. The molecule has 0 aliphatic carbocycles. The molecule has 2 rings (SSSR count). The summed E-state index contributed by atoms with van der Waals surface area (Å²) in [6, 6.07) is 0. The van der Waals surface area contributed by atoms with Crippen molar-refractivity contribution in [3.8, 4) is 0 Å². The van der Waals surface area contributed by atoms with E-state index in [0.29, 0.717) is 18.7 Å². The summed E-state index contributed by atoms with van der Waals surface area (Å²) in [5.74, 6) is -0.327. The van der Waals surface area contributed by atoms with Crippen LogP contribution in [0.15, 0.2) is 6.20 Å². The van der Waals surface area contributed by atoms with Crippen LogP contribution in [0.1, 0.15) is 23.0 Å². The molecule has 0 spiro atoms. The first kappa shape index (κ1) is 15.9. The van der Waals surface area contributed by atoms with Crippen molar-refractivity contribution in [1.29, 1.82) is 0 Å². The molecule has 7 nitrogen and oxygen atoms in total. The number of carbonyl (C=O) groups is 1. The molecule has 1 aliphatic heterocycles. The molecule has 21 heavy (non-hydrogen) atoms. The average molecular weight is 297 g/mol. The van der Waals surface area contributed by atoms with Crippen LogP contribution in [0.5, 0.6) is 0 Å². The largest absolute Gasteiger partial charge is 0.462 e. The number of nitrogens with zero attached hydrogens (tertiary/aromatic N) is 3. The van der Waals surface area contributed by atoms with Gasteiger partial charge >= 0.3 is 5.97 Å². The molecule has 2 heterocycles. The molecule has 2 unspecified atom stereocenters. The van der Waals surface area contributed by atoms with Gasteiger partial charge in [0.1, 0.15) is 5.56 Å². The highest BCUT2D eigenvalue weighted by Gasteiger charge is 2.34. The van der Waals surface area contributed by atoms with Crippen LogP contribution in [0.25, 0.3) is 0 Å². The molecule has 1 aliphatic rings. The van der Waals surface area contributed by atoms with E-state index < -0.39 is 0 Å². The van der Waals surface area contributed by atoms with Gasteiger partial charge in [-0.3, -0.25) is 9.58 Å². The molecule has 0 aromatic carbocycles. The fraction of sp³-hybridized carbons (Fsp3) is 0.714. The minimum Gasteiger partial charge on any atom is -0.462 e. The standard InChI is InChI=1S/C14H23N3O4/c1-5-21-14(18)10-6-15-16(2)11(10)7-17-8-12(19-3)13(9-17)20-4/h6,12-13H,5,7-9H2,1-4H3. The van der Waals surface area contributed by atoms with Gasteiger partial charge < -0.3 is 14.2 Å². The fourth-order valence-electron chi connectivity index (χ4n) is 2.64. The molecule has 0 bridgehead atoms. The lowest BCUT2D eigenvalue weighted by Gasteiger charge is -2.16. The molecule has 0 radical (unpaired) electrons. The molecule has 118 valence electrons. The van der Waals surface area contributed by atoms with Crippen molar-refractivity contribution in [2.24, 2.45) is 7.05 Å². The summed E-state index contributed by atoms with van der Waals surface area (Å²) in [5.41, 5.74) is 1.37. The molecular formula is C14H23N3O4. The van der Waals surface area contributed by atoms with Crippen LogP contribution in [0.4, 0.5) is 0 Å². The summed E-state index contributed by atoms with van der Waals surface area (Å²) in [5, 5.41) is 4.17. The number of hydrogen-bond donors (Lipinski definition) is 0. The zero-order valence-corrected chi connectivity index (χ0v) is 13.0. The van der Waals surface area contributed by atoms with Crippen LogP contribution in [0.2, 0.25) is 0 Å². The number of esters is 1. The van der Waals surface area contributed by atoms with Gasteiger partial charge in [-0.05, 0) is 6.92 Å². The second kappa shape index (κ2) is 7.02. The number of ether oxygens (including phenoxy) is 3. The summed E-state index contributed by atoms with van der Waals surface area (Å²) in [4.78, 5) is 14.1. The first-order valence-corrected chi connectivity index (χ1v) is 7.06. The Morgan fingerprint density at radius 2 is 1.95 bits per heavy atom. The van der Waals surface area contributed by atoms with Gasteiger partial charge in [0.25, 0.3) is 0 Å². The van der Waals surface area contributed by atoms with Crippen molar-refractivity contribution < 1.29 is 19.0 Å². The Labute approximate surface area is 124 Å². The number of aromatic nitrogens is 2. The monoisotopic (exact) mass is 297 g/mol. The van der Waals surface area contributed by atoms with E-state index in [-0.39, 0.29) is 18.2 Å². The average Bonchev–Trinajstić information content (AvgIpc) is 3.04. The Hall–Kier alpha value is -1.44. The van der Waals surface area contributed by atoms with Crippen LogP contribution >= 0.6 is 0 Å². The molecule has 1 fully saturated rings. The van der Waals surface area contributed by atoms with Gasteiger partial charge in [-0.2, -0.15) is 5.10 Å². The third-order valence-electron chi connectivity index (χ3n) is 3.83. The molecule has 1 aromatic rings. The highest BCUT2D eigenvalue weighted by atomic mass is 16.5. The van der Waals surface area contributed by atoms with Crippen LogP contribution < -0.4 is 0 Å². The van der Waals surface area contributed by atoms with E-state index in [4.69, 9.17) is 14.2 Å². The molecule has 2 atom stereocenters. The molecule has 7 heteroatoms. The SMILES string of the molecule is CCOC(=O)c1cnn(C)c1CN1CC(OC)C(OC)C1. The zero-order chi connectivity index (χ0) is 15.4. The number of hydrogen-bond acceptors (Lipinski definition) is 6. The fourth-order valence-corrected chi connectivity index (χ4v) is 2.64. The van der Waals surface area contributed by atoms with Crippen molar-refractivity contribution in [2.45, 2.75) is 25.7 Å². The van der Waals surface area contributed by atoms with Crippen LogP contribution in [0, 0.1) is 0 Å². The van der Waals surface area contributed by atoms with Crippen LogP contribution in [0.3, 0.4) is 0 Å². The van der Waals surface area contributed by atoms with E-state index in [1.165, 1.54) is 0 Å². The maximum atomic E-state index is 12.0. The predicted molar refractivity (Wildman–Crippen MR) is 76.0 cm³/mol. The Bertz CT molecular complexity index is 477. The van der Waals surface area contributed by atoms with Crippen molar-refractivity contribution in [3.63, 3.8) is 0 Å². The van der Waals surface area contributed by atoms with Gasteiger partial charge in [-0.25, -0.2) is 4.79 Å². The second-order valence-electron chi connectivity index (χ2n) is 5.09. The quantitative estimate of drug-likeness (QED) is 0.710. The minimum absolute atomic E-state index is 0.0503. The smallest absolute Gasteiger partial charge is 0.341 e. The Balaban J connectivity index is 2.10. The zero-order valence-electron chi connectivity index (χ0n) is 13.0. The van der Waals surface area contributed by atoms with E-state index in [9.17, 15) is 4.79 Å². The Morgan fingerprint density at radius 3 is 2.48 bits per heavy atom. The van der Waals surface area contributed by atoms with E-state index >= 15 is 0 Å². The number of likely N-dealkylation sites (tertiary alicyclic amines) is 1. The number of methoxy groups -OCH3 is 2. The summed E-state index contributed by atoms with van der Waals surface area (Å²) in [6.45, 7) is 4.30. The lowest BCUT2D eigenvalue weighted by atomic mass is 10.2. The molecule has 0 N–H and O–H groups in total. The van der Waals surface area contributed by atoms with Gasteiger partial charge in [0.05, 0.1) is 30.7 Å². The number of carbonyl (C=O) groups excluding carboxylic acids is 1. The highest BCUT2D eigenvalue weighted by molar-refractivity contribution is 5.90.